The van der Waals surface area contributed by atoms with Crippen molar-refractivity contribution in [2.75, 3.05) is 48.1 Å². The number of sulfonamides is 2. The van der Waals surface area contributed by atoms with E-state index < -0.39 is 20.0 Å². The van der Waals surface area contributed by atoms with Crippen LogP contribution >= 0.6 is 0 Å². The fourth-order valence-corrected chi connectivity index (χ4v) is 5.47. The Hall–Kier alpha value is -2.80. The number of allylic oxidation sites excluding steroid dienone is 1. The predicted octanol–water partition coefficient (Wildman–Crippen LogP) is 2.27. The maximum absolute atomic E-state index is 13.3. The summed E-state index contributed by atoms with van der Waals surface area (Å²) in [5.74, 6) is 1.31. The van der Waals surface area contributed by atoms with E-state index in [1.165, 1.54) is 69.1 Å². The molecule has 0 atom stereocenters. The van der Waals surface area contributed by atoms with Gasteiger partial charge in [-0.1, -0.05) is 12.2 Å². The summed E-state index contributed by atoms with van der Waals surface area (Å²) >= 11 is 0. The summed E-state index contributed by atoms with van der Waals surface area (Å²) in [5.41, 5.74) is 0. The molecule has 0 fully saturated rings. The zero-order chi connectivity index (χ0) is 25.4. The van der Waals surface area contributed by atoms with Gasteiger partial charge in [0.2, 0.25) is 20.0 Å². The van der Waals surface area contributed by atoms with E-state index in [9.17, 15) is 16.8 Å². The minimum absolute atomic E-state index is 0.00241. The molecular formula is C22H30N2O8S2. The van der Waals surface area contributed by atoms with Gasteiger partial charge < -0.3 is 18.9 Å². The van der Waals surface area contributed by atoms with E-state index in [0.29, 0.717) is 11.5 Å². The van der Waals surface area contributed by atoms with Crippen molar-refractivity contribution in [3.63, 3.8) is 0 Å². The van der Waals surface area contributed by atoms with Crippen LogP contribution in [0.1, 0.15) is 6.92 Å². The highest BCUT2D eigenvalue weighted by atomic mass is 32.2. The Balaban J connectivity index is 2.24. The van der Waals surface area contributed by atoms with Crippen LogP contribution in [0.3, 0.4) is 0 Å². The van der Waals surface area contributed by atoms with Gasteiger partial charge in [-0.15, -0.1) is 0 Å². The Morgan fingerprint density at radius 1 is 0.794 bits per heavy atom. The third-order valence-corrected chi connectivity index (χ3v) is 8.18. The lowest BCUT2D eigenvalue weighted by atomic mass is 10.3. The fraction of sp³-hybridized carbons (Fsp3) is 0.364. The fourth-order valence-electron chi connectivity index (χ4n) is 3.03. The second kappa shape index (κ2) is 12.1. The SMILES string of the molecule is CC=CCN(CCNS(=O)(=O)c1ccc(OC)c(OC)c1)S(=O)(=O)c1ccc(OC)c(OC)c1. The molecule has 12 heteroatoms. The summed E-state index contributed by atoms with van der Waals surface area (Å²) in [5, 5.41) is 0. The molecule has 0 amide bonds. The number of benzene rings is 2. The van der Waals surface area contributed by atoms with Crippen molar-refractivity contribution in [1.29, 1.82) is 0 Å². The van der Waals surface area contributed by atoms with Gasteiger partial charge in [0, 0.05) is 31.8 Å². The Morgan fingerprint density at radius 2 is 1.29 bits per heavy atom. The highest BCUT2D eigenvalue weighted by Crippen LogP contribution is 2.31. The van der Waals surface area contributed by atoms with Gasteiger partial charge in [0.05, 0.1) is 38.2 Å². The van der Waals surface area contributed by atoms with E-state index >= 15 is 0 Å². The molecule has 0 radical (unpaired) electrons. The Morgan fingerprint density at radius 3 is 1.79 bits per heavy atom. The average Bonchev–Trinajstić information content (AvgIpc) is 2.84. The first kappa shape index (κ1) is 27.4. The number of nitrogens with one attached hydrogen (secondary N) is 1. The number of methoxy groups -OCH3 is 4. The molecule has 0 bridgehead atoms. The van der Waals surface area contributed by atoms with Crippen LogP contribution < -0.4 is 23.7 Å². The topological polar surface area (TPSA) is 120 Å². The minimum atomic E-state index is -3.96. The van der Waals surface area contributed by atoms with Gasteiger partial charge in [0.25, 0.3) is 0 Å². The van der Waals surface area contributed by atoms with Crippen molar-refractivity contribution < 1.29 is 35.8 Å². The molecule has 0 aliphatic carbocycles. The molecule has 0 spiro atoms. The molecule has 2 rings (SSSR count). The molecule has 34 heavy (non-hydrogen) atoms. The smallest absolute Gasteiger partial charge is 0.243 e. The number of hydrogen-bond acceptors (Lipinski definition) is 8. The molecule has 0 saturated carbocycles. The summed E-state index contributed by atoms with van der Waals surface area (Å²) in [6.45, 7) is 1.57. The summed E-state index contributed by atoms with van der Waals surface area (Å²) in [6.07, 6.45) is 3.38. The normalized spacial score (nSPS) is 12.2. The molecule has 0 saturated heterocycles. The quantitative estimate of drug-likeness (QED) is 0.404. The standard InChI is InChI=1S/C22H30N2O8S2/c1-6-7-13-24(34(27,28)18-9-11-20(30-3)22(16-18)32-5)14-12-23-33(25,26)17-8-10-19(29-2)21(15-17)31-4/h6-11,15-16,23H,12-14H2,1-5H3. The third kappa shape index (κ3) is 6.41. The van der Waals surface area contributed by atoms with Crippen molar-refractivity contribution in [2.24, 2.45) is 0 Å². The van der Waals surface area contributed by atoms with Crippen LogP contribution in [0.4, 0.5) is 0 Å². The molecule has 0 aromatic heterocycles. The van der Waals surface area contributed by atoms with Gasteiger partial charge in [-0.3, -0.25) is 0 Å². The molecule has 1 N–H and O–H groups in total. The molecule has 10 nitrogen and oxygen atoms in total. The van der Waals surface area contributed by atoms with Gasteiger partial charge in [-0.25, -0.2) is 21.6 Å². The second-order valence-electron chi connectivity index (χ2n) is 6.86. The van der Waals surface area contributed by atoms with Gasteiger partial charge in [-0.2, -0.15) is 4.31 Å². The van der Waals surface area contributed by atoms with Crippen LogP contribution in [0, 0.1) is 0 Å². The number of rotatable bonds is 13. The predicted molar refractivity (Wildman–Crippen MR) is 128 cm³/mol. The van der Waals surface area contributed by atoms with Crippen LogP contribution in [0.2, 0.25) is 0 Å². The maximum atomic E-state index is 13.3. The van der Waals surface area contributed by atoms with Crippen molar-refractivity contribution in [3.8, 4) is 23.0 Å². The van der Waals surface area contributed by atoms with E-state index in [1.54, 1.807) is 19.1 Å². The monoisotopic (exact) mass is 514 g/mol. The third-order valence-electron chi connectivity index (χ3n) is 4.86. The first-order valence-corrected chi connectivity index (χ1v) is 13.1. The van der Waals surface area contributed by atoms with Crippen LogP contribution in [0.5, 0.6) is 23.0 Å². The van der Waals surface area contributed by atoms with Gasteiger partial charge in [-0.05, 0) is 31.2 Å². The lowest BCUT2D eigenvalue weighted by Crippen LogP contribution is -2.38. The molecule has 0 unspecified atom stereocenters. The zero-order valence-corrected chi connectivity index (χ0v) is 21.4. The summed E-state index contributed by atoms with van der Waals surface area (Å²) < 4.78 is 76.3. The molecule has 0 heterocycles. The summed E-state index contributed by atoms with van der Waals surface area (Å²) in [4.78, 5) is -0.0368. The van der Waals surface area contributed by atoms with Crippen molar-refractivity contribution in [3.05, 3.63) is 48.6 Å². The van der Waals surface area contributed by atoms with Crippen LogP contribution in [0.15, 0.2) is 58.3 Å². The first-order chi connectivity index (χ1) is 16.1. The van der Waals surface area contributed by atoms with Crippen molar-refractivity contribution >= 4 is 20.0 Å². The molecule has 0 aliphatic rings. The van der Waals surface area contributed by atoms with E-state index in [0.717, 1.165) is 0 Å². The largest absolute Gasteiger partial charge is 0.493 e. The molecule has 2 aromatic rings. The summed E-state index contributed by atoms with van der Waals surface area (Å²) in [6, 6.07) is 8.46. The van der Waals surface area contributed by atoms with E-state index in [-0.39, 0.29) is 40.9 Å². The average molecular weight is 515 g/mol. The van der Waals surface area contributed by atoms with Gasteiger partial charge in [0.1, 0.15) is 0 Å². The van der Waals surface area contributed by atoms with Gasteiger partial charge in [0.15, 0.2) is 23.0 Å². The number of nitrogens with zero attached hydrogens (tertiary/aromatic N) is 1. The first-order valence-electron chi connectivity index (χ1n) is 10.2. The lowest BCUT2D eigenvalue weighted by Gasteiger charge is -2.22. The van der Waals surface area contributed by atoms with E-state index in [4.69, 9.17) is 18.9 Å². The molecule has 188 valence electrons. The highest BCUT2D eigenvalue weighted by molar-refractivity contribution is 7.89. The molecule has 0 aliphatic heterocycles. The number of hydrogen-bond donors (Lipinski definition) is 1. The van der Waals surface area contributed by atoms with Crippen molar-refractivity contribution in [1.82, 2.24) is 9.03 Å². The minimum Gasteiger partial charge on any atom is -0.493 e. The van der Waals surface area contributed by atoms with Crippen LogP contribution in [-0.4, -0.2) is 69.2 Å². The van der Waals surface area contributed by atoms with Crippen LogP contribution in [-0.2, 0) is 20.0 Å². The number of ether oxygens (including phenoxy) is 4. The van der Waals surface area contributed by atoms with Crippen LogP contribution in [0.25, 0.3) is 0 Å². The molecule has 2 aromatic carbocycles. The Bertz CT molecular complexity index is 1210. The lowest BCUT2D eigenvalue weighted by molar-refractivity contribution is 0.353. The zero-order valence-electron chi connectivity index (χ0n) is 19.8. The second-order valence-corrected chi connectivity index (χ2v) is 10.6. The Labute approximate surface area is 201 Å². The Kier molecular flexibility index (Phi) is 9.74. The highest BCUT2D eigenvalue weighted by Gasteiger charge is 2.26. The van der Waals surface area contributed by atoms with E-state index in [2.05, 4.69) is 4.72 Å². The maximum Gasteiger partial charge on any atom is 0.243 e. The van der Waals surface area contributed by atoms with E-state index in [1.807, 2.05) is 0 Å². The summed E-state index contributed by atoms with van der Waals surface area (Å²) in [7, 11) is -2.17. The molecular weight excluding hydrogens is 484 g/mol. The van der Waals surface area contributed by atoms with Crippen molar-refractivity contribution in [2.45, 2.75) is 16.7 Å². The van der Waals surface area contributed by atoms with Gasteiger partial charge >= 0.3 is 0 Å².